The molecule has 0 radical (unpaired) electrons. The van der Waals surface area contributed by atoms with E-state index in [4.69, 9.17) is 21.1 Å². The van der Waals surface area contributed by atoms with Crippen molar-refractivity contribution in [1.82, 2.24) is 10.3 Å². The van der Waals surface area contributed by atoms with Crippen molar-refractivity contribution in [3.8, 4) is 22.8 Å². The Labute approximate surface area is 213 Å². The first kappa shape index (κ1) is 23.3. The molecule has 0 aliphatic rings. The predicted molar refractivity (Wildman–Crippen MR) is 146 cm³/mol. The van der Waals surface area contributed by atoms with Crippen molar-refractivity contribution in [3.63, 3.8) is 0 Å². The van der Waals surface area contributed by atoms with Gasteiger partial charge in [-0.15, -0.1) is 0 Å². The Morgan fingerprint density at radius 2 is 1.75 bits per heavy atom. The van der Waals surface area contributed by atoms with Crippen LogP contribution >= 0.6 is 12.2 Å². The zero-order chi connectivity index (χ0) is 25.1. The molecule has 0 saturated carbocycles. The number of thiocarbonyl (C=S) groups is 1. The normalized spacial score (nSPS) is 11.2. The van der Waals surface area contributed by atoms with Gasteiger partial charge in [-0.3, -0.25) is 10.1 Å². The van der Waals surface area contributed by atoms with E-state index in [0.29, 0.717) is 11.7 Å². The zero-order valence-electron chi connectivity index (χ0n) is 19.7. The highest BCUT2D eigenvalue weighted by molar-refractivity contribution is 7.80. The zero-order valence-corrected chi connectivity index (χ0v) is 20.6. The lowest BCUT2D eigenvalue weighted by Gasteiger charge is -2.11. The fourth-order valence-corrected chi connectivity index (χ4v) is 3.92. The summed E-state index contributed by atoms with van der Waals surface area (Å²) in [5, 5.41) is 5.94. The molecule has 5 rings (SSSR count). The molecule has 5 aromatic rings. The van der Waals surface area contributed by atoms with E-state index in [-0.39, 0.29) is 11.0 Å². The SMILES string of the molecule is Cc1ccc2nc(-c3ccc(C)c(NC(=S)NC(=O)/C=C/c4ccc(-c5ccccc5)o4)c3)oc2c1. The van der Waals surface area contributed by atoms with Crippen molar-refractivity contribution in [2.24, 2.45) is 0 Å². The van der Waals surface area contributed by atoms with E-state index in [1.54, 1.807) is 6.08 Å². The monoisotopic (exact) mass is 493 g/mol. The minimum atomic E-state index is -0.367. The molecule has 2 aromatic heterocycles. The molecule has 2 N–H and O–H groups in total. The van der Waals surface area contributed by atoms with Crippen molar-refractivity contribution in [2.75, 3.05) is 5.32 Å². The van der Waals surface area contributed by atoms with Crippen LogP contribution in [0, 0.1) is 13.8 Å². The molecule has 0 bridgehead atoms. The molecule has 0 aliphatic carbocycles. The molecule has 0 atom stereocenters. The Bertz CT molecular complexity index is 1600. The maximum atomic E-state index is 12.4. The Balaban J connectivity index is 1.24. The number of aryl methyl sites for hydroxylation is 2. The van der Waals surface area contributed by atoms with E-state index in [2.05, 4.69) is 15.6 Å². The number of furan rings is 1. The lowest BCUT2D eigenvalue weighted by Crippen LogP contribution is -2.33. The lowest BCUT2D eigenvalue weighted by molar-refractivity contribution is -0.115. The number of aromatic nitrogens is 1. The van der Waals surface area contributed by atoms with Crippen molar-refractivity contribution in [1.29, 1.82) is 0 Å². The number of hydrogen-bond donors (Lipinski definition) is 2. The van der Waals surface area contributed by atoms with Gasteiger partial charge in [0.1, 0.15) is 17.0 Å². The van der Waals surface area contributed by atoms with E-state index in [1.807, 2.05) is 92.7 Å². The van der Waals surface area contributed by atoms with Crippen LogP contribution in [0.25, 0.3) is 40.0 Å². The van der Waals surface area contributed by atoms with Gasteiger partial charge in [0.05, 0.1) is 0 Å². The summed E-state index contributed by atoms with van der Waals surface area (Å²) in [7, 11) is 0. The number of carbonyl (C=O) groups is 1. The van der Waals surface area contributed by atoms with Gasteiger partial charge in [0.25, 0.3) is 0 Å². The third-order valence-corrected chi connectivity index (χ3v) is 5.80. The van der Waals surface area contributed by atoms with Crippen LogP contribution in [0.15, 0.2) is 93.8 Å². The highest BCUT2D eigenvalue weighted by Crippen LogP contribution is 2.28. The number of rotatable bonds is 5. The maximum Gasteiger partial charge on any atom is 0.250 e. The summed E-state index contributed by atoms with van der Waals surface area (Å²) < 4.78 is 11.7. The molecule has 0 saturated heterocycles. The summed E-state index contributed by atoms with van der Waals surface area (Å²) >= 11 is 5.36. The number of nitrogens with zero attached hydrogens (tertiary/aromatic N) is 1. The third-order valence-electron chi connectivity index (χ3n) is 5.60. The van der Waals surface area contributed by atoms with Crippen LogP contribution in [0.1, 0.15) is 16.9 Å². The van der Waals surface area contributed by atoms with Gasteiger partial charge >= 0.3 is 0 Å². The van der Waals surface area contributed by atoms with Gasteiger partial charge in [-0.2, -0.15) is 0 Å². The smallest absolute Gasteiger partial charge is 0.250 e. The molecule has 0 spiro atoms. The van der Waals surface area contributed by atoms with Gasteiger partial charge in [0, 0.05) is 22.9 Å². The van der Waals surface area contributed by atoms with Crippen LogP contribution in [-0.4, -0.2) is 16.0 Å². The van der Waals surface area contributed by atoms with Gasteiger partial charge in [0.15, 0.2) is 10.7 Å². The van der Waals surface area contributed by atoms with Crippen molar-refractivity contribution >= 4 is 46.1 Å². The molecule has 7 heteroatoms. The average Bonchev–Trinajstić information content (AvgIpc) is 3.51. The summed E-state index contributed by atoms with van der Waals surface area (Å²) in [6, 6.07) is 25.1. The Kier molecular flexibility index (Phi) is 6.47. The summed E-state index contributed by atoms with van der Waals surface area (Å²) in [5.41, 5.74) is 6.13. The van der Waals surface area contributed by atoms with Gasteiger partial charge in [-0.1, -0.05) is 42.5 Å². The summed E-state index contributed by atoms with van der Waals surface area (Å²) in [6.45, 7) is 3.96. The standard InChI is InChI=1S/C29H23N3O3S/c1-18-8-13-23-26(16-18)35-28(30-23)21-10-9-19(2)24(17-21)31-29(36)32-27(33)15-12-22-11-14-25(34-22)20-6-4-3-5-7-20/h3-17H,1-2H3,(H2,31,32,33,36)/b15-12+. The summed E-state index contributed by atoms with van der Waals surface area (Å²) in [5.74, 6) is 1.45. The molecule has 2 heterocycles. The molecule has 3 aromatic carbocycles. The van der Waals surface area contributed by atoms with Crippen molar-refractivity contribution in [3.05, 3.63) is 102 Å². The largest absolute Gasteiger partial charge is 0.457 e. The fourth-order valence-electron chi connectivity index (χ4n) is 3.71. The van der Waals surface area contributed by atoms with E-state index >= 15 is 0 Å². The van der Waals surface area contributed by atoms with Crippen LogP contribution in [0.5, 0.6) is 0 Å². The number of nitrogens with one attached hydrogen (secondary N) is 2. The van der Waals surface area contributed by atoms with E-state index < -0.39 is 0 Å². The average molecular weight is 494 g/mol. The third kappa shape index (κ3) is 5.26. The molecular formula is C29H23N3O3S. The number of hydrogen-bond acceptors (Lipinski definition) is 5. The highest BCUT2D eigenvalue weighted by Gasteiger charge is 2.12. The number of fused-ring (bicyclic) bond motifs is 1. The van der Waals surface area contributed by atoms with Crippen molar-refractivity contribution < 1.29 is 13.6 Å². The molecule has 178 valence electrons. The quantitative estimate of drug-likeness (QED) is 0.205. The Morgan fingerprint density at radius 1 is 0.917 bits per heavy atom. The fraction of sp³-hybridized carbons (Fsp3) is 0.0690. The highest BCUT2D eigenvalue weighted by atomic mass is 32.1. The molecule has 0 unspecified atom stereocenters. The number of benzene rings is 3. The molecule has 36 heavy (non-hydrogen) atoms. The first-order valence-electron chi connectivity index (χ1n) is 11.4. The second kappa shape index (κ2) is 10.0. The second-order valence-electron chi connectivity index (χ2n) is 8.36. The maximum absolute atomic E-state index is 12.4. The van der Waals surface area contributed by atoms with Crippen LogP contribution in [0.3, 0.4) is 0 Å². The predicted octanol–water partition coefficient (Wildman–Crippen LogP) is 6.90. The van der Waals surface area contributed by atoms with E-state index in [1.165, 1.54) is 6.08 Å². The molecular weight excluding hydrogens is 470 g/mol. The number of amides is 1. The summed E-state index contributed by atoms with van der Waals surface area (Å²) in [4.78, 5) is 17.0. The van der Waals surface area contributed by atoms with Gasteiger partial charge in [-0.25, -0.2) is 4.98 Å². The van der Waals surface area contributed by atoms with E-state index in [9.17, 15) is 4.79 Å². The number of carbonyl (C=O) groups excluding carboxylic acids is 1. The molecule has 0 aliphatic heterocycles. The minimum absolute atomic E-state index is 0.183. The van der Waals surface area contributed by atoms with Gasteiger partial charge in [0.2, 0.25) is 11.8 Å². The Hall–Kier alpha value is -4.49. The molecule has 1 amide bonds. The number of anilines is 1. The van der Waals surface area contributed by atoms with Crippen LogP contribution < -0.4 is 10.6 Å². The second-order valence-corrected chi connectivity index (χ2v) is 8.77. The topological polar surface area (TPSA) is 80.3 Å². The Morgan fingerprint density at radius 3 is 2.58 bits per heavy atom. The molecule has 6 nitrogen and oxygen atoms in total. The van der Waals surface area contributed by atoms with Gasteiger partial charge in [-0.05, 0) is 79.7 Å². The lowest BCUT2D eigenvalue weighted by atomic mass is 10.1. The van der Waals surface area contributed by atoms with Crippen molar-refractivity contribution in [2.45, 2.75) is 13.8 Å². The van der Waals surface area contributed by atoms with Crippen LogP contribution in [0.4, 0.5) is 5.69 Å². The van der Waals surface area contributed by atoms with Crippen LogP contribution in [0.2, 0.25) is 0 Å². The minimum Gasteiger partial charge on any atom is -0.457 e. The molecule has 0 fully saturated rings. The van der Waals surface area contributed by atoms with E-state index in [0.717, 1.165) is 44.8 Å². The summed E-state index contributed by atoms with van der Waals surface area (Å²) in [6.07, 6.45) is 2.98. The van der Waals surface area contributed by atoms with Gasteiger partial charge < -0.3 is 14.2 Å². The first-order valence-corrected chi connectivity index (χ1v) is 11.8. The first-order chi connectivity index (χ1) is 17.4. The number of oxazole rings is 1. The van der Waals surface area contributed by atoms with Crippen LogP contribution in [-0.2, 0) is 4.79 Å².